The molecule has 1 aromatic heterocycles. The Morgan fingerprint density at radius 1 is 1.25 bits per heavy atom. The number of aromatic nitrogens is 2. The molecule has 3 nitrogen and oxygen atoms in total. The van der Waals surface area contributed by atoms with E-state index < -0.39 is 0 Å². The summed E-state index contributed by atoms with van der Waals surface area (Å²) in [6.07, 6.45) is 12.7. The second kappa shape index (κ2) is 6.30. The van der Waals surface area contributed by atoms with E-state index >= 15 is 0 Å². The largest absolute Gasteiger partial charge is 0.314 e. The van der Waals surface area contributed by atoms with Gasteiger partial charge in [0.05, 0.1) is 6.20 Å². The zero-order chi connectivity index (χ0) is 13.9. The average molecular weight is 275 g/mol. The van der Waals surface area contributed by atoms with Crippen molar-refractivity contribution in [3.63, 3.8) is 0 Å². The Morgan fingerprint density at radius 3 is 2.75 bits per heavy atom. The Morgan fingerprint density at radius 2 is 2.10 bits per heavy atom. The third-order valence-corrected chi connectivity index (χ3v) is 5.33. The number of aryl methyl sites for hydroxylation is 1. The van der Waals surface area contributed by atoms with Crippen molar-refractivity contribution in [3.05, 3.63) is 18.0 Å². The Bertz CT molecular complexity index is 422. The van der Waals surface area contributed by atoms with Crippen LogP contribution in [-0.4, -0.2) is 22.4 Å². The maximum atomic E-state index is 4.50. The SMILES string of the molecule is CCC1CCC(CNC2CC2)C(c2cnn(CC)c2)C1. The lowest BCUT2D eigenvalue weighted by Crippen LogP contribution is -2.32. The Hall–Kier alpha value is -0.830. The topological polar surface area (TPSA) is 29.9 Å². The highest BCUT2D eigenvalue weighted by molar-refractivity contribution is 5.14. The zero-order valence-electron chi connectivity index (χ0n) is 13.0. The predicted molar refractivity (Wildman–Crippen MR) is 82.8 cm³/mol. The minimum atomic E-state index is 0.722. The molecule has 0 saturated heterocycles. The van der Waals surface area contributed by atoms with Gasteiger partial charge in [-0.15, -0.1) is 0 Å². The molecule has 3 heteroatoms. The van der Waals surface area contributed by atoms with Crippen molar-refractivity contribution in [2.24, 2.45) is 11.8 Å². The molecule has 3 rings (SSSR count). The van der Waals surface area contributed by atoms with E-state index in [9.17, 15) is 0 Å². The van der Waals surface area contributed by atoms with Gasteiger partial charge in [0.2, 0.25) is 0 Å². The van der Waals surface area contributed by atoms with Crippen LogP contribution in [0.15, 0.2) is 12.4 Å². The monoisotopic (exact) mass is 275 g/mol. The molecule has 2 saturated carbocycles. The lowest BCUT2D eigenvalue weighted by Gasteiger charge is -2.36. The summed E-state index contributed by atoms with van der Waals surface area (Å²) in [6.45, 7) is 6.70. The summed E-state index contributed by atoms with van der Waals surface area (Å²) >= 11 is 0. The second-order valence-electron chi connectivity index (χ2n) is 6.77. The highest BCUT2D eigenvalue weighted by Crippen LogP contribution is 2.41. The quantitative estimate of drug-likeness (QED) is 0.860. The molecule has 0 aliphatic heterocycles. The van der Waals surface area contributed by atoms with Gasteiger partial charge < -0.3 is 5.32 Å². The van der Waals surface area contributed by atoms with Crippen LogP contribution < -0.4 is 5.32 Å². The molecule has 1 N–H and O–H groups in total. The molecule has 0 aromatic carbocycles. The van der Waals surface area contributed by atoms with E-state index in [4.69, 9.17) is 0 Å². The number of rotatable bonds is 6. The average Bonchev–Trinajstić information content (AvgIpc) is 3.20. The summed E-state index contributed by atoms with van der Waals surface area (Å²) in [5, 5.41) is 8.25. The molecule has 2 aliphatic rings. The second-order valence-corrected chi connectivity index (χ2v) is 6.77. The van der Waals surface area contributed by atoms with Gasteiger partial charge in [-0.1, -0.05) is 19.8 Å². The van der Waals surface area contributed by atoms with E-state index in [-0.39, 0.29) is 0 Å². The lowest BCUT2D eigenvalue weighted by atomic mass is 9.71. The highest BCUT2D eigenvalue weighted by atomic mass is 15.3. The van der Waals surface area contributed by atoms with Gasteiger partial charge >= 0.3 is 0 Å². The van der Waals surface area contributed by atoms with Crippen LogP contribution in [0.5, 0.6) is 0 Å². The van der Waals surface area contributed by atoms with Crippen molar-refractivity contribution in [2.45, 2.75) is 70.9 Å². The molecule has 0 spiro atoms. The third kappa shape index (κ3) is 3.25. The molecule has 1 aromatic rings. The van der Waals surface area contributed by atoms with Crippen molar-refractivity contribution in [3.8, 4) is 0 Å². The van der Waals surface area contributed by atoms with Crippen molar-refractivity contribution >= 4 is 0 Å². The van der Waals surface area contributed by atoms with Gasteiger partial charge in [0.25, 0.3) is 0 Å². The van der Waals surface area contributed by atoms with E-state index in [2.05, 4.69) is 41.3 Å². The summed E-state index contributed by atoms with van der Waals surface area (Å²) < 4.78 is 2.08. The zero-order valence-corrected chi connectivity index (χ0v) is 13.0. The fourth-order valence-electron chi connectivity index (χ4n) is 3.69. The van der Waals surface area contributed by atoms with Crippen LogP contribution in [-0.2, 0) is 6.54 Å². The normalized spacial score (nSPS) is 30.6. The summed E-state index contributed by atoms with van der Waals surface area (Å²) in [7, 11) is 0. The minimum absolute atomic E-state index is 0.722. The van der Waals surface area contributed by atoms with E-state index in [0.29, 0.717) is 0 Å². The predicted octanol–water partition coefficient (Wildman–Crippen LogP) is 3.56. The molecule has 3 unspecified atom stereocenters. The number of hydrogen-bond donors (Lipinski definition) is 1. The number of nitrogens with zero attached hydrogens (tertiary/aromatic N) is 2. The molecule has 112 valence electrons. The molecule has 0 radical (unpaired) electrons. The van der Waals surface area contributed by atoms with Gasteiger partial charge in [0.1, 0.15) is 0 Å². The molecule has 1 heterocycles. The van der Waals surface area contributed by atoms with Crippen molar-refractivity contribution < 1.29 is 0 Å². The fraction of sp³-hybridized carbons (Fsp3) is 0.824. The van der Waals surface area contributed by atoms with E-state index in [0.717, 1.165) is 30.3 Å². The van der Waals surface area contributed by atoms with E-state index in [1.807, 2.05) is 0 Å². The first-order valence-electron chi connectivity index (χ1n) is 8.55. The first-order valence-corrected chi connectivity index (χ1v) is 8.55. The van der Waals surface area contributed by atoms with Crippen molar-refractivity contribution in [1.29, 1.82) is 0 Å². The van der Waals surface area contributed by atoms with Crippen molar-refractivity contribution in [2.75, 3.05) is 6.54 Å². The first-order chi connectivity index (χ1) is 9.80. The van der Waals surface area contributed by atoms with Gasteiger partial charge in [-0.2, -0.15) is 5.10 Å². The van der Waals surface area contributed by atoms with Crippen molar-refractivity contribution in [1.82, 2.24) is 15.1 Å². The van der Waals surface area contributed by atoms with Crippen LogP contribution >= 0.6 is 0 Å². The maximum absolute atomic E-state index is 4.50. The Kier molecular flexibility index (Phi) is 4.45. The summed E-state index contributed by atoms with van der Waals surface area (Å²) in [6, 6.07) is 0.831. The third-order valence-electron chi connectivity index (χ3n) is 5.33. The standard InChI is InChI=1S/C17H29N3/c1-3-13-5-6-14(10-18-16-7-8-16)17(9-13)15-11-19-20(4-2)12-15/h11-14,16-18H,3-10H2,1-2H3. The van der Waals surface area contributed by atoms with Crippen LogP contribution in [0.4, 0.5) is 0 Å². The van der Waals surface area contributed by atoms with Gasteiger partial charge in [0, 0.05) is 18.8 Å². The van der Waals surface area contributed by atoms with Crippen LogP contribution in [0, 0.1) is 11.8 Å². The van der Waals surface area contributed by atoms with Crippen LogP contribution in [0.3, 0.4) is 0 Å². The van der Waals surface area contributed by atoms with Gasteiger partial charge in [-0.05, 0) is 62.5 Å². The van der Waals surface area contributed by atoms with Gasteiger partial charge in [-0.25, -0.2) is 0 Å². The van der Waals surface area contributed by atoms with Crippen LogP contribution in [0.25, 0.3) is 0 Å². The van der Waals surface area contributed by atoms with E-state index in [1.54, 1.807) is 0 Å². The molecule has 0 bridgehead atoms. The first kappa shape index (κ1) is 14.1. The minimum Gasteiger partial charge on any atom is -0.314 e. The Labute approximate surface area is 123 Å². The maximum Gasteiger partial charge on any atom is 0.0524 e. The summed E-state index contributed by atoms with van der Waals surface area (Å²) in [4.78, 5) is 0. The molecule has 20 heavy (non-hydrogen) atoms. The van der Waals surface area contributed by atoms with E-state index in [1.165, 1.54) is 50.6 Å². The number of nitrogens with one attached hydrogen (secondary N) is 1. The van der Waals surface area contributed by atoms with Crippen LogP contribution in [0.2, 0.25) is 0 Å². The molecular formula is C17H29N3. The molecule has 3 atom stereocenters. The summed E-state index contributed by atoms with van der Waals surface area (Å²) in [5.74, 6) is 2.45. The fourth-order valence-corrected chi connectivity index (χ4v) is 3.69. The Balaban J connectivity index is 1.69. The molecule has 2 aliphatic carbocycles. The molecule has 0 amide bonds. The smallest absolute Gasteiger partial charge is 0.0524 e. The lowest BCUT2D eigenvalue weighted by molar-refractivity contribution is 0.225. The molecular weight excluding hydrogens is 246 g/mol. The van der Waals surface area contributed by atoms with Gasteiger partial charge in [-0.3, -0.25) is 4.68 Å². The number of hydrogen-bond acceptors (Lipinski definition) is 2. The highest BCUT2D eigenvalue weighted by Gasteiger charge is 2.32. The molecule has 2 fully saturated rings. The van der Waals surface area contributed by atoms with Gasteiger partial charge in [0.15, 0.2) is 0 Å². The summed E-state index contributed by atoms with van der Waals surface area (Å²) in [5.41, 5.74) is 1.48. The van der Waals surface area contributed by atoms with Crippen LogP contribution in [0.1, 0.15) is 63.9 Å².